The van der Waals surface area contributed by atoms with Gasteiger partial charge in [0.15, 0.2) is 5.78 Å². The van der Waals surface area contributed by atoms with Crippen molar-refractivity contribution in [2.75, 3.05) is 20.8 Å². The molecule has 132 valence electrons. The molecule has 1 atom stereocenters. The Kier molecular flexibility index (Phi) is 6.04. The Morgan fingerprint density at radius 2 is 1.40 bits per heavy atom. The van der Waals surface area contributed by atoms with Gasteiger partial charge in [0, 0.05) is 5.56 Å². The average Bonchev–Trinajstić information content (AvgIpc) is 2.67. The Morgan fingerprint density at radius 3 is 1.84 bits per heavy atom. The van der Waals surface area contributed by atoms with E-state index in [1.54, 1.807) is 55.5 Å². The van der Waals surface area contributed by atoms with Crippen molar-refractivity contribution in [3.8, 4) is 11.5 Å². The van der Waals surface area contributed by atoms with Crippen LogP contribution in [0, 0.1) is 0 Å². The molecule has 0 bridgehead atoms. The summed E-state index contributed by atoms with van der Waals surface area (Å²) in [6.45, 7) is 1.76. The number of ketones is 1. The molecular formula is C19H19ClO5. The number of methoxy groups -OCH3 is 2. The molecule has 0 aliphatic rings. The van der Waals surface area contributed by atoms with E-state index in [9.17, 15) is 9.59 Å². The summed E-state index contributed by atoms with van der Waals surface area (Å²) in [6, 6.07) is 12.8. The number of Topliss-reactive ketones (excluding diaryl/α,β-unsaturated/α-hetero) is 1. The number of carbonyl (C=O) groups excluding carboxylic acids is 2. The van der Waals surface area contributed by atoms with Crippen LogP contribution in [-0.4, -0.2) is 32.6 Å². The lowest BCUT2D eigenvalue weighted by Crippen LogP contribution is -2.40. The first-order valence-electron chi connectivity index (χ1n) is 7.66. The molecule has 25 heavy (non-hydrogen) atoms. The molecule has 0 amide bonds. The maximum atomic E-state index is 13.0. The van der Waals surface area contributed by atoms with E-state index in [1.165, 1.54) is 14.2 Å². The summed E-state index contributed by atoms with van der Waals surface area (Å²) in [4.78, 5) is 23.6. The molecule has 0 aromatic heterocycles. The largest absolute Gasteiger partial charge is 0.497 e. The van der Waals surface area contributed by atoms with Gasteiger partial charge in [0.25, 0.3) is 0 Å². The van der Waals surface area contributed by atoms with Gasteiger partial charge in [-0.15, -0.1) is 0 Å². The van der Waals surface area contributed by atoms with E-state index in [1.807, 2.05) is 0 Å². The summed E-state index contributed by atoms with van der Waals surface area (Å²) >= 11 is 6.55. The summed E-state index contributed by atoms with van der Waals surface area (Å²) in [5, 5.41) is 0. The molecule has 1 unspecified atom stereocenters. The van der Waals surface area contributed by atoms with Gasteiger partial charge in [-0.25, -0.2) is 4.79 Å². The zero-order chi connectivity index (χ0) is 18.4. The van der Waals surface area contributed by atoms with Crippen LogP contribution in [-0.2, 0) is 14.4 Å². The highest BCUT2D eigenvalue weighted by Crippen LogP contribution is 2.36. The van der Waals surface area contributed by atoms with E-state index in [2.05, 4.69) is 0 Å². The fourth-order valence-electron chi connectivity index (χ4n) is 2.33. The summed E-state index contributed by atoms with van der Waals surface area (Å²) in [5.74, 6) is -0.205. The highest BCUT2D eigenvalue weighted by molar-refractivity contribution is 6.47. The number of hydrogen-bond acceptors (Lipinski definition) is 5. The molecule has 2 aromatic rings. The van der Waals surface area contributed by atoms with E-state index >= 15 is 0 Å². The molecule has 0 radical (unpaired) electrons. The zero-order valence-electron chi connectivity index (χ0n) is 14.2. The zero-order valence-corrected chi connectivity index (χ0v) is 15.0. The van der Waals surface area contributed by atoms with Crippen LogP contribution in [0.5, 0.6) is 11.5 Å². The number of benzene rings is 2. The molecular weight excluding hydrogens is 344 g/mol. The van der Waals surface area contributed by atoms with Gasteiger partial charge in [0.1, 0.15) is 11.5 Å². The minimum absolute atomic E-state index is 0.110. The van der Waals surface area contributed by atoms with Crippen LogP contribution in [0.15, 0.2) is 48.5 Å². The number of ether oxygens (including phenoxy) is 3. The van der Waals surface area contributed by atoms with Crippen molar-refractivity contribution in [1.82, 2.24) is 0 Å². The van der Waals surface area contributed by atoms with Crippen molar-refractivity contribution in [1.29, 1.82) is 0 Å². The number of carbonyl (C=O) groups is 2. The standard InChI is InChI=1S/C19H19ClO5/c1-4-25-18(22)19(20,14-7-11-16(24-3)12-8-14)17(21)13-5-9-15(23-2)10-6-13/h5-12H,4H2,1-3H3. The van der Waals surface area contributed by atoms with Crippen molar-refractivity contribution in [2.45, 2.75) is 11.8 Å². The Labute approximate surface area is 151 Å². The molecule has 0 saturated carbocycles. The second-order valence-corrected chi connectivity index (χ2v) is 5.73. The van der Waals surface area contributed by atoms with Crippen LogP contribution in [0.4, 0.5) is 0 Å². The maximum absolute atomic E-state index is 13.0. The fourth-order valence-corrected chi connectivity index (χ4v) is 2.62. The smallest absolute Gasteiger partial charge is 0.339 e. The van der Waals surface area contributed by atoms with Crippen molar-refractivity contribution in [3.63, 3.8) is 0 Å². The van der Waals surface area contributed by atoms with Gasteiger partial charge in [0.2, 0.25) is 4.87 Å². The van der Waals surface area contributed by atoms with E-state index in [0.717, 1.165) is 0 Å². The van der Waals surface area contributed by atoms with Gasteiger partial charge in [-0.2, -0.15) is 0 Å². The number of esters is 1. The van der Waals surface area contributed by atoms with Gasteiger partial charge >= 0.3 is 5.97 Å². The monoisotopic (exact) mass is 362 g/mol. The van der Waals surface area contributed by atoms with E-state index in [0.29, 0.717) is 17.1 Å². The summed E-state index contributed by atoms with van der Waals surface area (Å²) in [5.41, 5.74) is 0.592. The highest BCUT2D eigenvalue weighted by Gasteiger charge is 2.47. The minimum Gasteiger partial charge on any atom is -0.497 e. The number of alkyl halides is 1. The third-order valence-corrected chi connectivity index (χ3v) is 4.25. The fraction of sp³-hybridized carbons (Fsp3) is 0.263. The predicted octanol–water partition coefficient (Wildman–Crippen LogP) is 3.58. The molecule has 5 nitrogen and oxygen atoms in total. The molecule has 6 heteroatoms. The summed E-state index contributed by atoms with van der Waals surface area (Å²) < 4.78 is 15.2. The van der Waals surface area contributed by atoms with Crippen LogP contribution >= 0.6 is 11.6 Å². The van der Waals surface area contributed by atoms with Crippen LogP contribution in [0.1, 0.15) is 22.8 Å². The molecule has 0 aliphatic carbocycles. The van der Waals surface area contributed by atoms with E-state index in [4.69, 9.17) is 25.8 Å². The second-order valence-electron chi connectivity index (χ2n) is 5.17. The Bertz CT molecular complexity index is 739. The molecule has 0 N–H and O–H groups in total. The van der Waals surface area contributed by atoms with Crippen molar-refractivity contribution < 1.29 is 23.8 Å². The van der Waals surface area contributed by atoms with Gasteiger partial charge in [-0.1, -0.05) is 23.7 Å². The molecule has 2 aromatic carbocycles. The van der Waals surface area contributed by atoms with Gasteiger partial charge in [0.05, 0.1) is 20.8 Å². The predicted molar refractivity (Wildman–Crippen MR) is 94.5 cm³/mol. The molecule has 0 spiro atoms. The van der Waals surface area contributed by atoms with E-state index < -0.39 is 16.6 Å². The number of halogens is 1. The van der Waals surface area contributed by atoms with Crippen molar-refractivity contribution in [3.05, 3.63) is 59.7 Å². The van der Waals surface area contributed by atoms with Gasteiger partial charge in [-0.3, -0.25) is 4.79 Å². The van der Waals surface area contributed by atoms with E-state index in [-0.39, 0.29) is 12.2 Å². The summed E-state index contributed by atoms with van der Waals surface area (Å²) in [7, 11) is 3.05. The first-order valence-corrected chi connectivity index (χ1v) is 8.04. The summed E-state index contributed by atoms with van der Waals surface area (Å²) in [6.07, 6.45) is 0. The van der Waals surface area contributed by atoms with Crippen LogP contribution in [0.3, 0.4) is 0 Å². The quantitative estimate of drug-likeness (QED) is 0.326. The molecule has 0 saturated heterocycles. The lowest BCUT2D eigenvalue weighted by atomic mass is 9.89. The highest BCUT2D eigenvalue weighted by atomic mass is 35.5. The van der Waals surface area contributed by atoms with Crippen LogP contribution < -0.4 is 9.47 Å². The maximum Gasteiger partial charge on any atom is 0.339 e. The van der Waals surface area contributed by atoms with Crippen molar-refractivity contribution in [2.24, 2.45) is 0 Å². The molecule has 0 fully saturated rings. The van der Waals surface area contributed by atoms with Gasteiger partial charge < -0.3 is 14.2 Å². The molecule has 2 rings (SSSR count). The molecule has 0 heterocycles. The lowest BCUT2D eigenvalue weighted by molar-refractivity contribution is -0.145. The minimum atomic E-state index is -1.98. The first-order chi connectivity index (χ1) is 12.0. The lowest BCUT2D eigenvalue weighted by Gasteiger charge is -2.24. The SMILES string of the molecule is CCOC(=O)C(Cl)(C(=O)c1ccc(OC)cc1)c1ccc(OC)cc1. The van der Waals surface area contributed by atoms with Gasteiger partial charge in [-0.05, 0) is 48.9 Å². The normalized spacial score (nSPS) is 12.8. The topological polar surface area (TPSA) is 61.8 Å². The average molecular weight is 363 g/mol. The Hall–Kier alpha value is -2.53. The molecule has 0 aliphatic heterocycles. The number of rotatable bonds is 7. The third kappa shape index (κ3) is 3.77. The van der Waals surface area contributed by atoms with Crippen molar-refractivity contribution >= 4 is 23.4 Å². The Morgan fingerprint density at radius 1 is 0.920 bits per heavy atom. The van der Waals surface area contributed by atoms with Crippen LogP contribution in [0.2, 0.25) is 0 Å². The Balaban J connectivity index is 2.49. The first kappa shape index (κ1) is 18.8. The van der Waals surface area contributed by atoms with Crippen LogP contribution in [0.25, 0.3) is 0 Å². The number of hydrogen-bond donors (Lipinski definition) is 0. The second kappa shape index (κ2) is 8.03. The third-order valence-electron chi connectivity index (χ3n) is 3.71.